The first-order chi connectivity index (χ1) is 18.5. The number of hydrogen-bond donors (Lipinski definition) is 1. The van der Waals surface area contributed by atoms with Gasteiger partial charge in [0.05, 0.1) is 21.8 Å². The van der Waals surface area contributed by atoms with Crippen molar-refractivity contribution in [2.24, 2.45) is 0 Å². The maximum Gasteiger partial charge on any atom is 0.418 e. The Hall–Kier alpha value is -3.64. The van der Waals surface area contributed by atoms with Crippen LogP contribution in [0.15, 0.2) is 36.9 Å². The molecule has 0 spiro atoms. The van der Waals surface area contributed by atoms with E-state index in [0.717, 1.165) is 25.1 Å². The van der Waals surface area contributed by atoms with Crippen LogP contribution in [0.2, 0.25) is 5.02 Å². The van der Waals surface area contributed by atoms with Crippen LogP contribution in [-0.4, -0.2) is 83.1 Å². The number of carbonyl (C=O) groups excluding carboxylic acids is 1. The van der Waals surface area contributed by atoms with Crippen molar-refractivity contribution in [1.82, 2.24) is 24.8 Å². The first-order valence-electron chi connectivity index (χ1n) is 12.4. The number of anilines is 2. The number of alkyl halides is 3. The number of benzene rings is 1. The van der Waals surface area contributed by atoms with E-state index in [1.165, 1.54) is 18.2 Å². The fourth-order valence-corrected chi connectivity index (χ4v) is 4.98. The number of ether oxygens (including phenoxy) is 1. The summed E-state index contributed by atoms with van der Waals surface area (Å²) < 4.78 is 47.4. The second-order valence-corrected chi connectivity index (χ2v) is 9.97. The van der Waals surface area contributed by atoms with Crippen molar-refractivity contribution >= 4 is 40.0 Å². The Labute approximate surface area is 228 Å². The van der Waals surface area contributed by atoms with Crippen LogP contribution in [0, 0.1) is 0 Å². The summed E-state index contributed by atoms with van der Waals surface area (Å²) in [4.78, 5) is 31.0. The Morgan fingerprint density at radius 1 is 1.18 bits per heavy atom. The number of aromatic nitrogens is 3. The number of fused-ring (bicyclic) bond motifs is 1. The van der Waals surface area contributed by atoms with Gasteiger partial charge in [-0.05, 0) is 50.4 Å². The standard InChI is InChI=1S/C26H27ClF3N7O2/c1-3-22(38)36-8-10-37(11-9-36)24-17-12-19(27)16(23-18(26(28,29)30)4-5-21(31)33-23)13-20(17)32-25(34-24)39-14-15-6-7-35(15)2/h3-5,12-13,15H,1,6-11,14H2,2H3,(H2,31,33)/t15-/m0/s1. The van der Waals surface area contributed by atoms with E-state index in [1.54, 1.807) is 4.90 Å². The SMILES string of the molecule is C=CC(=O)N1CCN(c2nc(OC[C@@H]3CCN3C)nc3cc(-c4nc(N)ccc4C(F)(F)F)c(Cl)cc23)CC1. The zero-order valence-electron chi connectivity index (χ0n) is 21.2. The average Bonchev–Trinajstić information content (AvgIpc) is 2.90. The average molecular weight is 562 g/mol. The largest absolute Gasteiger partial charge is 0.462 e. The van der Waals surface area contributed by atoms with Crippen LogP contribution in [0.5, 0.6) is 6.01 Å². The summed E-state index contributed by atoms with van der Waals surface area (Å²) in [6, 6.07) is 5.32. The molecule has 3 aromatic rings. The lowest BCUT2D eigenvalue weighted by atomic mass is 10.0. The van der Waals surface area contributed by atoms with Gasteiger partial charge in [0, 0.05) is 43.2 Å². The molecule has 9 nitrogen and oxygen atoms in total. The molecule has 5 rings (SSSR count). The number of hydrogen-bond acceptors (Lipinski definition) is 8. The fourth-order valence-electron chi connectivity index (χ4n) is 4.73. The van der Waals surface area contributed by atoms with Gasteiger partial charge in [0.15, 0.2) is 0 Å². The van der Waals surface area contributed by atoms with Gasteiger partial charge in [0.25, 0.3) is 0 Å². The van der Waals surface area contributed by atoms with E-state index < -0.39 is 11.7 Å². The molecular formula is C26H27ClF3N7O2. The van der Waals surface area contributed by atoms with Crippen molar-refractivity contribution in [3.8, 4) is 17.3 Å². The summed E-state index contributed by atoms with van der Waals surface area (Å²) in [6.45, 7) is 6.75. The van der Waals surface area contributed by atoms with Crippen LogP contribution in [0.25, 0.3) is 22.2 Å². The third-order valence-corrected chi connectivity index (χ3v) is 7.44. The normalized spacial score (nSPS) is 18.2. The number of amides is 1. The molecule has 13 heteroatoms. The predicted octanol–water partition coefficient (Wildman–Crippen LogP) is 3.86. The van der Waals surface area contributed by atoms with Crippen molar-refractivity contribution < 1.29 is 22.7 Å². The molecule has 0 radical (unpaired) electrons. The maximum atomic E-state index is 13.8. The molecule has 0 unspecified atom stereocenters. The van der Waals surface area contributed by atoms with Gasteiger partial charge in [-0.3, -0.25) is 9.69 Å². The number of likely N-dealkylation sites (tertiary alicyclic amines) is 1. The fraction of sp³-hybridized carbons (Fsp3) is 0.385. The molecule has 1 aromatic carbocycles. The number of pyridine rings is 1. The van der Waals surface area contributed by atoms with Crippen LogP contribution >= 0.6 is 11.6 Å². The molecule has 4 heterocycles. The van der Waals surface area contributed by atoms with E-state index in [2.05, 4.69) is 26.4 Å². The highest BCUT2D eigenvalue weighted by Gasteiger charge is 2.35. The molecule has 2 fully saturated rings. The molecule has 39 heavy (non-hydrogen) atoms. The number of likely N-dealkylation sites (N-methyl/N-ethyl adjacent to an activating group) is 1. The molecule has 2 aliphatic heterocycles. The van der Waals surface area contributed by atoms with Gasteiger partial charge in [0.2, 0.25) is 5.91 Å². The summed E-state index contributed by atoms with van der Waals surface area (Å²) in [5.74, 6) is 0.296. The molecule has 1 amide bonds. The molecule has 0 saturated carbocycles. The number of nitrogens with zero attached hydrogens (tertiary/aromatic N) is 6. The van der Waals surface area contributed by atoms with Gasteiger partial charge < -0.3 is 20.3 Å². The van der Waals surface area contributed by atoms with Crippen molar-refractivity contribution in [3.63, 3.8) is 0 Å². The Bertz CT molecular complexity index is 1430. The van der Waals surface area contributed by atoms with Gasteiger partial charge in [-0.1, -0.05) is 18.2 Å². The van der Waals surface area contributed by atoms with Gasteiger partial charge in [-0.2, -0.15) is 23.1 Å². The number of nitrogens with two attached hydrogens (primary N) is 1. The summed E-state index contributed by atoms with van der Waals surface area (Å²) in [7, 11) is 2.00. The lowest BCUT2D eigenvalue weighted by Crippen LogP contribution is -2.49. The van der Waals surface area contributed by atoms with Crippen molar-refractivity contribution in [1.29, 1.82) is 0 Å². The minimum atomic E-state index is -4.67. The quantitative estimate of drug-likeness (QED) is 0.453. The lowest BCUT2D eigenvalue weighted by Gasteiger charge is -2.37. The van der Waals surface area contributed by atoms with E-state index in [0.29, 0.717) is 49.5 Å². The first-order valence-corrected chi connectivity index (χ1v) is 12.8. The first kappa shape index (κ1) is 26.9. The smallest absolute Gasteiger partial charge is 0.418 e. The van der Waals surface area contributed by atoms with E-state index in [9.17, 15) is 18.0 Å². The highest BCUT2D eigenvalue weighted by molar-refractivity contribution is 6.34. The Morgan fingerprint density at radius 2 is 1.92 bits per heavy atom. The van der Waals surface area contributed by atoms with Gasteiger partial charge in [0.1, 0.15) is 18.2 Å². The van der Waals surface area contributed by atoms with Crippen LogP contribution < -0.4 is 15.4 Å². The maximum absolute atomic E-state index is 13.8. The number of carbonyl (C=O) groups is 1. The van der Waals surface area contributed by atoms with E-state index in [4.69, 9.17) is 22.1 Å². The molecule has 0 aliphatic carbocycles. The molecule has 206 valence electrons. The number of nitrogen functional groups attached to an aromatic ring is 1. The predicted molar refractivity (Wildman–Crippen MR) is 143 cm³/mol. The summed E-state index contributed by atoms with van der Waals surface area (Å²) >= 11 is 6.57. The summed E-state index contributed by atoms with van der Waals surface area (Å²) in [6.07, 6.45) is -2.41. The van der Waals surface area contributed by atoms with Crippen molar-refractivity contribution in [3.05, 3.63) is 47.5 Å². The topological polar surface area (TPSA) is 101 Å². The Morgan fingerprint density at radius 3 is 2.54 bits per heavy atom. The minimum absolute atomic E-state index is 0.0412. The molecule has 2 aliphatic rings. The van der Waals surface area contributed by atoms with Gasteiger partial charge in [-0.25, -0.2) is 4.98 Å². The third kappa shape index (κ3) is 5.44. The molecular weight excluding hydrogens is 535 g/mol. The zero-order valence-corrected chi connectivity index (χ0v) is 22.0. The van der Waals surface area contributed by atoms with Gasteiger partial charge in [-0.15, -0.1) is 0 Å². The number of piperazine rings is 1. The zero-order chi connectivity index (χ0) is 27.9. The second kappa shape index (κ2) is 10.5. The van der Waals surface area contributed by atoms with Crippen LogP contribution in [0.1, 0.15) is 12.0 Å². The van der Waals surface area contributed by atoms with Crippen molar-refractivity contribution in [2.45, 2.75) is 18.6 Å². The van der Waals surface area contributed by atoms with E-state index in [-0.39, 0.29) is 40.1 Å². The molecule has 0 bridgehead atoms. The molecule has 1 atom stereocenters. The monoisotopic (exact) mass is 561 g/mol. The summed E-state index contributed by atoms with van der Waals surface area (Å²) in [5.41, 5.74) is 4.79. The Kier molecular flexibility index (Phi) is 7.25. The number of rotatable bonds is 6. The minimum Gasteiger partial charge on any atom is -0.462 e. The molecule has 2 saturated heterocycles. The number of halogens is 4. The van der Waals surface area contributed by atoms with E-state index >= 15 is 0 Å². The van der Waals surface area contributed by atoms with Crippen LogP contribution in [0.4, 0.5) is 24.8 Å². The third-order valence-electron chi connectivity index (χ3n) is 7.13. The van der Waals surface area contributed by atoms with Crippen LogP contribution in [0.3, 0.4) is 0 Å². The van der Waals surface area contributed by atoms with E-state index in [1.807, 2.05) is 11.9 Å². The van der Waals surface area contributed by atoms with Crippen molar-refractivity contribution in [2.75, 3.05) is 57.0 Å². The molecule has 2 N–H and O–H groups in total. The van der Waals surface area contributed by atoms with Gasteiger partial charge >= 0.3 is 12.2 Å². The summed E-state index contributed by atoms with van der Waals surface area (Å²) in [5, 5.41) is 0.582. The molecule has 2 aromatic heterocycles. The Balaban J connectivity index is 1.58. The highest BCUT2D eigenvalue weighted by atomic mass is 35.5. The lowest BCUT2D eigenvalue weighted by molar-refractivity contribution is -0.137. The highest BCUT2D eigenvalue weighted by Crippen LogP contribution is 2.41. The van der Waals surface area contributed by atoms with Crippen LogP contribution in [-0.2, 0) is 11.0 Å². The second-order valence-electron chi connectivity index (χ2n) is 9.56.